The minimum absolute atomic E-state index is 0.0131. The van der Waals surface area contributed by atoms with E-state index in [2.05, 4.69) is 9.36 Å². The lowest BCUT2D eigenvalue weighted by molar-refractivity contribution is -0.316. The third-order valence-corrected chi connectivity index (χ3v) is 1.82. The van der Waals surface area contributed by atoms with Crippen molar-refractivity contribution < 1.29 is 4.37 Å². The lowest BCUT2D eigenvalue weighted by Gasteiger charge is -2.07. The molecule has 0 unspecified atom stereocenters. The Labute approximate surface area is 63.3 Å². The highest BCUT2D eigenvalue weighted by Gasteiger charge is 2.23. The van der Waals surface area contributed by atoms with E-state index in [-0.39, 0.29) is 10.3 Å². The van der Waals surface area contributed by atoms with Crippen LogP contribution in [0.2, 0.25) is 0 Å². The Hall–Kier alpha value is -0.640. The number of hydrogen-bond acceptors (Lipinski definition) is 2. The SMILES string of the molecule is CC(C)(C)c1[nH]c(=O)s[nH+]1. The fraction of sp³-hybridized carbons (Fsp3) is 0.667. The quantitative estimate of drug-likeness (QED) is 0.590. The number of hydrogen-bond donors (Lipinski definition) is 1. The Morgan fingerprint density at radius 2 is 2.10 bits per heavy atom. The van der Waals surface area contributed by atoms with Crippen LogP contribution in [0.4, 0.5) is 0 Å². The van der Waals surface area contributed by atoms with Crippen LogP contribution in [0.1, 0.15) is 26.6 Å². The van der Waals surface area contributed by atoms with Gasteiger partial charge in [0.25, 0.3) is 5.82 Å². The highest BCUT2D eigenvalue weighted by atomic mass is 32.1. The van der Waals surface area contributed by atoms with E-state index in [1.165, 1.54) is 0 Å². The van der Waals surface area contributed by atoms with Crippen LogP contribution in [0.5, 0.6) is 0 Å². The molecule has 1 aromatic rings. The van der Waals surface area contributed by atoms with E-state index in [1.807, 2.05) is 20.8 Å². The lowest BCUT2D eigenvalue weighted by Crippen LogP contribution is -2.21. The summed E-state index contributed by atoms with van der Waals surface area (Å²) in [6.45, 7) is 6.13. The van der Waals surface area contributed by atoms with E-state index in [4.69, 9.17) is 0 Å². The van der Waals surface area contributed by atoms with E-state index < -0.39 is 0 Å². The molecule has 1 rings (SSSR count). The summed E-state index contributed by atoms with van der Waals surface area (Å²) in [5, 5.41) is 0. The van der Waals surface area contributed by atoms with Gasteiger partial charge in [0.15, 0.2) is 0 Å². The molecule has 0 spiro atoms. The molecule has 0 aromatic carbocycles. The predicted molar refractivity (Wildman–Crippen MR) is 40.2 cm³/mol. The van der Waals surface area contributed by atoms with Gasteiger partial charge < -0.3 is 0 Å². The Bertz CT molecular complexity index is 268. The lowest BCUT2D eigenvalue weighted by atomic mass is 9.96. The maximum atomic E-state index is 10.7. The van der Waals surface area contributed by atoms with Crippen LogP contribution in [0.3, 0.4) is 0 Å². The standard InChI is InChI=1S/C6H10N2OS/c1-6(2,3)4-7-5(9)10-8-4/h1-3H3,(H,7,8,9)/p+1. The molecule has 0 aliphatic carbocycles. The Kier molecular flexibility index (Phi) is 1.64. The zero-order valence-corrected chi connectivity index (χ0v) is 7.13. The molecule has 0 atom stereocenters. The van der Waals surface area contributed by atoms with Gasteiger partial charge in [-0.15, -0.1) is 0 Å². The number of aromatic amines is 2. The average molecular weight is 159 g/mol. The molecule has 0 amide bonds. The highest BCUT2D eigenvalue weighted by molar-refractivity contribution is 6.98. The minimum Gasteiger partial charge on any atom is -0.225 e. The summed E-state index contributed by atoms with van der Waals surface area (Å²) in [6.07, 6.45) is 0. The van der Waals surface area contributed by atoms with E-state index >= 15 is 0 Å². The van der Waals surface area contributed by atoms with E-state index in [0.717, 1.165) is 17.4 Å². The fourth-order valence-electron chi connectivity index (χ4n) is 0.591. The van der Waals surface area contributed by atoms with Gasteiger partial charge in [-0.05, 0) is 20.8 Å². The minimum atomic E-state index is -0.0232. The highest BCUT2D eigenvalue weighted by Crippen LogP contribution is 2.13. The Balaban J connectivity index is 3.07. The topological polar surface area (TPSA) is 47.0 Å². The predicted octanol–water partition coefficient (Wildman–Crippen LogP) is 0.548. The third kappa shape index (κ3) is 1.44. The van der Waals surface area contributed by atoms with Crippen LogP contribution < -0.4 is 9.25 Å². The maximum absolute atomic E-state index is 10.7. The third-order valence-electron chi connectivity index (χ3n) is 1.22. The van der Waals surface area contributed by atoms with Crippen LogP contribution in [0.25, 0.3) is 0 Å². The molecule has 0 radical (unpaired) electrons. The maximum Gasteiger partial charge on any atom is 0.425 e. The van der Waals surface area contributed by atoms with Crippen molar-refractivity contribution in [2.24, 2.45) is 0 Å². The summed E-state index contributed by atoms with van der Waals surface area (Å²) in [6, 6.07) is 0. The summed E-state index contributed by atoms with van der Waals surface area (Å²) in [5.74, 6) is 0.891. The van der Waals surface area contributed by atoms with Crippen molar-refractivity contribution in [2.75, 3.05) is 0 Å². The van der Waals surface area contributed by atoms with Gasteiger partial charge in [-0.1, -0.05) is 0 Å². The monoisotopic (exact) mass is 159 g/mol. The van der Waals surface area contributed by atoms with E-state index in [1.54, 1.807) is 0 Å². The molecule has 0 bridgehead atoms. The number of rotatable bonds is 0. The molecule has 2 N–H and O–H groups in total. The van der Waals surface area contributed by atoms with Crippen LogP contribution in [-0.2, 0) is 5.41 Å². The molecule has 56 valence electrons. The molecule has 1 aromatic heterocycles. The molecule has 0 fully saturated rings. The first-order chi connectivity index (χ1) is 4.50. The van der Waals surface area contributed by atoms with Gasteiger partial charge in [-0.2, -0.15) is 9.36 Å². The van der Waals surface area contributed by atoms with Crippen molar-refractivity contribution in [3.8, 4) is 0 Å². The largest absolute Gasteiger partial charge is 0.425 e. The second-order valence-electron chi connectivity index (χ2n) is 3.24. The zero-order valence-electron chi connectivity index (χ0n) is 6.32. The van der Waals surface area contributed by atoms with E-state index in [9.17, 15) is 4.79 Å². The van der Waals surface area contributed by atoms with Crippen LogP contribution in [0.15, 0.2) is 4.79 Å². The van der Waals surface area contributed by atoms with Crippen molar-refractivity contribution in [1.29, 1.82) is 0 Å². The molecule has 10 heavy (non-hydrogen) atoms. The Morgan fingerprint density at radius 3 is 2.30 bits per heavy atom. The van der Waals surface area contributed by atoms with Crippen LogP contribution in [0, 0.1) is 0 Å². The molecule has 0 aliphatic rings. The molecule has 4 heteroatoms. The number of aromatic nitrogens is 2. The second-order valence-corrected chi connectivity index (χ2v) is 4.02. The van der Waals surface area contributed by atoms with Gasteiger partial charge in [0, 0.05) is 0 Å². The summed E-state index contributed by atoms with van der Waals surface area (Å²) in [4.78, 5) is 13.4. The summed E-state index contributed by atoms with van der Waals surface area (Å²) >= 11 is 1.10. The smallest absolute Gasteiger partial charge is 0.225 e. The molecular weight excluding hydrogens is 148 g/mol. The van der Waals surface area contributed by atoms with Crippen molar-refractivity contribution in [2.45, 2.75) is 26.2 Å². The van der Waals surface area contributed by atoms with Gasteiger partial charge in [-0.25, -0.2) is 4.79 Å². The first-order valence-corrected chi connectivity index (χ1v) is 3.93. The van der Waals surface area contributed by atoms with Crippen LogP contribution in [-0.4, -0.2) is 4.98 Å². The molecule has 0 saturated heterocycles. The molecule has 0 aliphatic heterocycles. The number of H-pyrrole nitrogens is 2. The molecule has 1 heterocycles. The van der Waals surface area contributed by atoms with Crippen molar-refractivity contribution in [1.82, 2.24) is 4.98 Å². The van der Waals surface area contributed by atoms with Crippen molar-refractivity contribution in [3.63, 3.8) is 0 Å². The van der Waals surface area contributed by atoms with Gasteiger partial charge in [-0.3, -0.25) is 0 Å². The fourth-order valence-corrected chi connectivity index (χ4v) is 1.30. The summed E-state index contributed by atoms with van der Waals surface area (Å²) in [5.41, 5.74) is 0.0131. The molecule has 0 saturated carbocycles. The van der Waals surface area contributed by atoms with Crippen molar-refractivity contribution in [3.05, 3.63) is 15.5 Å². The van der Waals surface area contributed by atoms with Crippen molar-refractivity contribution >= 4 is 11.5 Å². The van der Waals surface area contributed by atoms with Gasteiger partial charge in [0.05, 0.1) is 5.41 Å². The first kappa shape index (κ1) is 7.47. The number of nitrogens with one attached hydrogen (secondary N) is 2. The van der Waals surface area contributed by atoms with Gasteiger partial charge >= 0.3 is 4.87 Å². The van der Waals surface area contributed by atoms with E-state index in [0.29, 0.717) is 0 Å². The Morgan fingerprint density at radius 1 is 1.50 bits per heavy atom. The first-order valence-electron chi connectivity index (χ1n) is 3.11. The summed E-state index contributed by atoms with van der Waals surface area (Å²) < 4.78 is 2.92. The molecule has 3 nitrogen and oxygen atoms in total. The normalized spacial score (nSPS) is 11.9. The summed E-state index contributed by atoms with van der Waals surface area (Å²) in [7, 11) is 0. The zero-order chi connectivity index (χ0) is 7.78. The molecular formula is C6H11N2OS+. The van der Waals surface area contributed by atoms with Crippen LogP contribution >= 0.6 is 11.5 Å². The van der Waals surface area contributed by atoms with Gasteiger partial charge in [0.2, 0.25) is 0 Å². The van der Waals surface area contributed by atoms with Gasteiger partial charge in [0.1, 0.15) is 11.5 Å². The average Bonchev–Trinajstić information content (AvgIpc) is 2.11. The second kappa shape index (κ2) is 2.20.